The number of phenolic OH excluding ortho intramolecular Hbond substituents is 2. The smallest absolute Gasteiger partial charge is 0.340 e. The van der Waals surface area contributed by atoms with Crippen LogP contribution in [0.4, 0.5) is 5.82 Å². The first-order chi connectivity index (χ1) is 26.5. The Morgan fingerprint density at radius 3 is 2.35 bits per heavy atom. The van der Waals surface area contributed by atoms with Gasteiger partial charge in [-0.05, 0) is 54.2 Å². The number of amides is 2. The number of hydrogen-bond acceptors (Lipinski definition) is 12. The summed E-state index contributed by atoms with van der Waals surface area (Å²) in [5, 5.41) is 56.6. The number of phenols is 2. The Morgan fingerprint density at radius 1 is 0.964 bits per heavy atom. The van der Waals surface area contributed by atoms with Crippen LogP contribution in [0.3, 0.4) is 0 Å². The van der Waals surface area contributed by atoms with Crippen LogP contribution in [0.25, 0.3) is 0 Å². The molecule has 1 saturated heterocycles. The molecule has 3 aliphatic heterocycles. The largest absolute Gasteiger partial charge is 0.508 e. The summed E-state index contributed by atoms with van der Waals surface area (Å²) in [4.78, 5) is 49.7. The zero-order valence-electron chi connectivity index (χ0n) is 29.2. The third-order valence-electron chi connectivity index (χ3n) is 9.72. The fraction of sp³-hybridized carbons (Fsp3) is 0.308. The first kappa shape index (κ1) is 36.9. The molecule has 1 spiro atoms. The van der Waals surface area contributed by atoms with Crippen molar-refractivity contribution in [2.45, 2.75) is 56.1 Å². The standard InChI is InChI=1S/C39H36N4O12/c44-21-33-30(47)19-36(54-33)42-20-22(15-35(42)43(51)52)5-4-14-40-34(48)6-2-1-3-13-41-37(49)23-7-10-27-26(16-23)38(50)55-39(27)28-11-8-24(45)17-31(28)53-32-18-25(46)9-12-29(32)39/h7-12,15-18,20,30,33,36,44-47H,1-3,6,13-14,19,21H2,(H,40,48)(H,41,49)/t30-,33+,36+/m0/s1. The van der Waals surface area contributed by atoms with E-state index in [0.717, 1.165) is 0 Å². The SMILES string of the molecule is O=C(CCCCCNC(=O)c1ccc2c(c1)C(=O)OC21c2ccc(O)cc2Oc2cc(O)ccc21)NCC#Cc1cc([N+](=O)[O-])n([C@H]2C[C@H](O)[C@@H](CO)O2)c1. The highest BCUT2D eigenvalue weighted by Crippen LogP contribution is 2.57. The number of ether oxygens (including phenoxy) is 3. The van der Waals surface area contributed by atoms with Crippen molar-refractivity contribution < 1.29 is 53.9 Å². The normalized spacial score (nSPS) is 18.6. The minimum absolute atomic E-state index is 0.0223. The van der Waals surface area contributed by atoms with E-state index in [1.165, 1.54) is 47.2 Å². The molecule has 0 saturated carbocycles. The van der Waals surface area contributed by atoms with E-state index >= 15 is 0 Å². The van der Waals surface area contributed by atoms with Crippen LogP contribution in [-0.2, 0) is 19.9 Å². The van der Waals surface area contributed by atoms with Gasteiger partial charge in [-0.3, -0.25) is 9.59 Å². The van der Waals surface area contributed by atoms with Crippen LogP contribution >= 0.6 is 0 Å². The van der Waals surface area contributed by atoms with Crippen molar-refractivity contribution in [2.24, 2.45) is 0 Å². The van der Waals surface area contributed by atoms with E-state index in [4.69, 9.17) is 14.2 Å². The van der Waals surface area contributed by atoms with Gasteiger partial charge in [0.2, 0.25) is 12.1 Å². The number of nitrogens with zero attached hydrogens (tertiary/aromatic N) is 2. The number of carbonyl (C=O) groups excluding carboxylic acids is 3. The number of rotatable bonds is 11. The lowest BCUT2D eigenvalue weighted by molar-refractivity contribution is -0.393. The molecule has 1 aromatic heterocycles. The number of fused-ring (bicyclic) bond motifs is 6. The molecule has 6 N–H and O–H groups in total. The third-order valence-corrected chi connectivity index (χ3v) is 9.72. The van der Waals surface area contributed by atoms with Crippen LogP contribution in [0.2, 0.25) is 0 Å². The monoisotopic (exact) mass is 752 g/mol. The molecule has 284 valence electrons. The predicted octanol–water partition coefficient (Wildman–Crippen LogP) is 3.47. The zero-order chi connectivity index (χ0) is 38.9. The second-order valence-electron chi connectivity index (χ2n) is 13.3. The average Bonchev–Trinajstić information content (AvgIpc) is 3.84. The molecule has 0 aliphatic carbocycles. The second-order valence-corrected chi connectivity index (χ2v) is 13.3. The van der Waals surface area contributed by atoms with Crippen molar-refractivity contribution in [3.63, 3.8) is 0 Å². The quantitative estimate of drug-likeness (QED) is 0.0425. The number of nitrogens with one attached hydrogen (secondary N) is 2. The molecule has 0 unspecified atom stereocenters. The van der Waals surface area contributed by atoms with Gasteiger partial charge in [-0.2, -0.15) is 0 Å². The van der Waals surface area contributed by atoms with E-state index in [0.29, 0.717) is 48.1 Å². The molecule has 0 radical (unpaired) electrons. The van der Waals surface area contributed by atoms with Crippen LogP contribution in [0, 0.1) is 22.0 Å². The summed E-state index contributed by atoms with van der Waals surface area (Å²) >= 11 is 0. The molecule has 3 atom stereocenters. The van der Waals surface area contributed by atoms with Gasteiger partial charge < -0.3 is 55.4 Å². The summed E-state index contributed by atoms with van der Waals surface area (Å²) in [6, 6.07) is 14.9. The molecule has 7 rings (SSSR count). The van der Waals surface area contributed by atoms with E-state index in [1.807, 2.05) is 0 Å². The molecule has 55 heavy (non-hydrogen) atoms. The molecular weight excluding hydrogens is 716 g/mol. The third kappa shape index (κ3) is 7.15. The number of unbranched alkanes of at least 4 members (excludes halogenated alkanes) is 2. The fourth-order valence-corrected chi connectivity index (χ4v) is 7.08. The molecule has 1 fully saturated rings. The van der Waals surface area contributed by atoms with Crippen LogP contribution in [0.15, 0.2) is 66.9 Å². The van der Waals surface area contributed by atoms with Crippen molar-refractivity contribution in [1.82, 2.24) is 15.2 Å². The Hall–Kier alpha value is -6.41. The lowest BCUT2D eigenvalue weighted by Crippen LogP contribution is -2.33. The number of aromatic nitrogens is 1. The summed E-state index contributed by atoms with van der Waals surface area (Å²) in [5.74, 6) is 4.40. The number of benzene rings is 3. The van der Waals surface area contributed by atoms with Crippen molar-refractivity contribution in [3.05, 3.63) is 110 Å². The molecule has 0 bridgehead atoms. The van der Waals surface area contributed by atoms with Crippen molar-refractivity contribution in [1.29, 1.82) is 0 Å². The highest BCUT2D eigenvalue weighted by atomic mass is 16.6. The second kappa shape index (κ2) is 15.1. The summed E-state index contributed by atoms with van der Waals surface area (Å²) in [5.41, 5.74) is 0.788. The minimum atomic E-state index is -1.43. The van der Waals surface area contributed by atoms with Crippen LogP contribution in [0.1, 0.15) is 81.3 Å². The van der Waals surface area contributed by atoms with Gasteiger partial charge in [0.1, 0.15) is 35.3 Å². The number of aliphatic hydroxyl groups excluding tert-OH is 2. The molecule has 2 amide bonds. The number of aliphatic hydroxyl groups is 2. The molecule has 16 heteroatoms. The van der Waals surface area contributed by atoms with Gasteiger partial charge in [-0.25, -0.2) is 9.36 Å². The van der Waals surface area contributed by atoms with Gasteiger partial charge in [-0.1, -0.05) is 24.3 Å². The van der Waals surface area contributed by atoms with Gasteiger partial charge in [0, 0.05) is 53.8 Å². The Labute approximate surface area is 313 Å². The van der Waals surface area contributed by atoms with Gasteiger partial charge in [0.15, 0.2) is 5.60 Å². The van der Waals surface area contributed by atoms with Gasteiger partial charge >= 0.3 is 11.8 Å². The summed E-state index contributed by atoms with van der Waals surface area (Å²) in [6.07, 6.45) is 0.933. The van der Waals surface area contributed by atoms with E-state index in [1.54, 1.807) is 24.3 Å². The molecule has 4 heterocycles. The van der Waals surface area contributed by atoms with Gasteiger partial charge in [-0.15, -0.1) is 0 Å². The minimum Gasteiger partial charge on any atom is -0.508 e. The average molecular weight is 753 g/mol. The van der Waals surface area contributed by atoms with E-state index in [2.05, 4.69) is 22.5 Å². The Bertz CT molecular complexity index is 2200. The van der Waals surface area contributed by atoms with Gasteiger partial charge in [0.25, 0.3) is 5.91 Å². The molecule has 3 aliphatic rings. The number of esters is 1. The number of nitro groups is 1. The highest BCUT2D eigenvalue weighted by Gasteiger charge is 2.54. The maximum atomic E-state index is 13.3. The highest BCUT2D eigenvalue weighted by molar-refractivity contribution is 6.01. The lowest BCUT2D eigenvalue weighted by Gasteiger charge is -2.36. The molecule has 3 aromatic carbocycles. The maximum Gasteiger partial charge on any atom is 0.340 e. The molecular formula is C39H36N4O12. The Morgan fingerprint density at radius 2 is 1.67 bits per heavy atom. The van der Waals surface area contributed by atoms with Gasteiger partial charge in [0.05, 0.1) is 36.4 Å². The van der Waals surface area contributed by atoms with Crippen LogP contribution in [-0.4, -0.2) is 79.6 Å². The maximum absolute atomic E-state index is 13.3. The Kier molecular flexibility index (Phi) is 10.2. The first-order valence-electron chi connectivity index (χ1n) is 17.6. The van der Waals surface area contributed by atoms with Crippen LogP contribution < -0.4 is 15.4 Å². The summed E-state index contributed by atoms with van der Waals surface area (Å²) < 4.78 is 18.8. The lowest BCUT2D eigenvalue weighted by atomic mass is 9.77. The number of carbonyl (C=O) groups is 3. The van der Waals surface area contributed by atoms with E-state index in [-0.39, 0.29) is 71.1 Å². The molecule has 16 nitrogen and oxygen atoms in total. The Balaban J connectivity index is 0.885. The summed E-state index contributed by atoms with van der Waals surface area (Å²) in [6.45, 7) is -0.0603. The van der Waals surface area contributed by atoms with Crippen molar-refractivity contribution in [3.8, 4) is 34.8 Å². The topological polar surface area (TPSA) is 232 Å². The summed E-state index contributed by atoms with van der Waals surface area (Å²) in [7, 11) is 0. The number of hydrogen-bond donors (Lipinski definition) is 6. The molecule has 4 aromatic rings. The van der Waals surface area contributed by atoms with Crippen molar-refractivity contribution >= 4 is 23.6 Å². The van der Waals surface area contributed by atoms with E-state index in [9.17, 15) is 44.9 Å². The van der Waals surface area contributed by atoms with Crippen molar-refractivity contribution in [2.75, 3.05) is 19.7 Å². The number of aromatic hydroxyl groups is 2. The van der Waals surface area contributed by atoms with Crippen LogP contribution in [0.5, 0.6) is 23.0 Å². The predicted molar refractivity (Wildman–Crippen MR) is 191 cm³/mol. The van der Waals surface area contributed by atoms with E-state index < -0.39 is 41.5 Å². The first-order valence-corrected chi connectivity index (χ1v) is 17.6. The fourth-order valence-electron chi connectivity index (χ4n) is 7.08. The zero-order valence-corrected chi connectivity index (χ0v) is 29.2.